The molecule has 2 aromatic carbocycles. The number of rotatable bonds is 2. The van der Waals surface area contributed by atoms with E-state index in [0.717, 1.165) is 10.0 Å². The molecule has 0 saturated carbocycles. The van der Waals surface area contributed by atoms with Gasteiger partial charge in [-0.1, -0.05) is 27.5 Å². The maximum absolute atomic E-state index is 12.7. The number of fused-ring (bicyclic) bond motifs is 2. The zero-order valence-corrected chi connectivity index (χ0v) is 14.8. The third-order valence-electron chi connectivity index (χ3n) is 3.84. The molecule has 4 rings (SSSR count). The van der Waals surface area contributed by atoms with Gasteiger partial charge < -0.3 is 9.47 Å². The highest BCUT2D eigenvalue weighted by molar-refractivity contribution is 9.10. The molecule has 0 spiro atoms. The highest BCUT2D eigenvalue weighted by atomic mass is 79.9. The number of halogens is 2. The van der Waals surface area contributed by atoms with Crippen LogP contribution in [0.15, 0.2) is 45.9 Å². The standard InChI is InChI=1S/C17H12BrClN2O3/c18-13-7-16-15(23-3-4-24-16)5-10(13)8-21-9-20-14-6-11(19)1-2-12(14)17(21)22/h1-2,5-7,9H,3-4,8H2. The van der Waals surface area contributed by atoms with Gasteiger partial charge in [0, 0.05) is 9.50 Å². The van der Waals surface area contributed by atoms with Crippen LogP contribution in [0.2, 0.25) is 5.02 Å². The molecule has 122 valence electrons. The first-order valence-electron chi connectivity index (χ1n) is 7.34. The Morgan fingerprint density at radius 2 is 1.92 bits per heavy atom. The molecule has 5 nitrogen and oxygen atoms in total. The summed E-state index contributed by atoms with van der Waals surface area (Å²) in [5.41, 5.74) is 1.39. The normalized spacial score (nSPS) is 13.2. The lowest BCUT2D eigenvalue weighted by molar-refractivity contribution is 0.171. The summed E-state index contributed by atoms with van der Waals surface area (Å²) in [5, 5.41) is 1.09. The zero-order chi connectivity index (χ0) is 16.7. The Morgan fingerprint density at radius 3 is 2.71 bits per heavy atom. The van der Waals surface area contributed by atoms with E-state index in [1.54, 1.807) is 22.8 Å². The molecule has 1 aliphatic heterocycles. The van der Waals surface area contributed by atoms with Gasteiger partial charge in [-0.05, 0) is 35.9 Å². The van der Waals surface area contributed by atoms with Crippen molar-refractivity contribution in [2.75, 3.05) is 13.2 Å². The van der Waals surface area contributed by atoms with E-state index >= 15 is 0 Å². The minimum absolute atomic E-state index is 0.113. The maximum Gasteiger partial charge on any atom is 0.261 e. The molecule has 1 aliphatic rings. The molecule has 0 radical (unpaired) electrons. The molecule has 3 aromatic rings. The van der Waals surface area contributed by atoms with Crippen LogP contribution in [-0.2, 0) is 6.54 Å². The number of benzene rings is 2. The fraction of sp³-hybridized carbons (Fsp3) is 0.176. The molecule has 1 aromatic heterocycles. The lowest BCUT2D eigenvalue weighted by Crippen LogP contribution is -2.21. The third kappa shape index (κ3) is 2.76. The third-order valence-corrected chi connectivity index (χ3v) is 4.81. The number of nitrogens with zero attached hydrogens (tertiary/aromatic N) is 2. The second-order valence-corrected chi connectivity index (χ2v) is 6.72. The summed E-state index contributed by atoms with van der Waals surface area (Å²) in [4.78, 5) is 17.0. The lowest BCUT2D eigenvalue weighted by Gasteiger charge is -2.20. The maximum atomic E-state index is 12.7. The molecule has 0 fully saturated rings. The van der Waals surface area contributed by atoms with Crippen molar-refractivity contribution in [2.45, 2.75) is 6.54 Å². The van der Waals surface area contributed by atoms with E-state index in [1.807, 2.05) is 12.1 Å². The second kappa shape index (κ2) is 6.11. The average molecular weight is 408 g/mol. The Morgan fingerprint density at radius 1 is 1.17 bits per heavy atom. The molecule has 2 heterocycles. The molecule has 7 heteroatoms. The van der Waals surface area contributed by atoms with Crippen LogP contribution in [0.5, 0.6) is 11.5 Å². The van der Waals surface area contributed by atoms with Crippen molar-refractivity contribution in [3.8, 4) is 11.5 Å². The van der Waals surface area contributed by atoms with Crippen LogP contribution in [0.3, 0.4) is 0 Å². The fourth-order valence-corrected chi connectivity index (χ4v) is 3.27. The van der Waals surface area contributed by atoms with Gasteiger partial charge in [0.1, 0.15) is 13.2 Å². The Labute approximate surface area is 150 Å². The first-order valence-corrected chi connectivity index (χ1v) is 8.51. The molecule has 0 saturated heterocycles. The molecule has 24 heavy (non-hydrogen) atoms. The van der Waals surface area contributed by atoms with Crippen molar-refractivity contribution >= 4 is 38.4 Å². The van der Waals surface area contributed by atoms with Crippen LogP contribution < -0.4 is 15.0 Å². The van der Waals surface area contributed by atoms with Crippen LogP contribution in [-0.4, -0.2) is 22.8 Å². The van der Waals surface area contributed by atoms with Crippen LogP contribution in [0.4, 0.5) is 0 Å². The van der Waals surface area contributed by atoms with E-state index in [1.165, 1.54) is 6.33 Å². The molecule has 0 amide bonds. The molecule has 0 aliphatic carbocycles. The number of hydrogen-bond donors (Lipinski definition) is 0. The van der Waals surface area contributed by atoms with Crippen molar-refractivity contribution in [2.24, 2.45) is 0 Å². The van der Waals surface area contributed by atoms with Gasteiger partial charge in [-0.3, -0.25) is 9.36 Å². The topological polar surface area (TPSA) is 53.4 Å². The smallest absolute Gasteiger partial charge is 0.261 e. The summed E-state index contributed by atoms with van der Waals surface area (Å²) >= 11 is 9.48. The van der Waals surface area contributed by atoms with Gasteiger partial charge in [-0.25, -0.2) is 4.98 Å². The van der Waals surface area contributed by atoms with Crippen molar-refractivity contribution < 1.29 is 9.47 Å². The SMILES string of the molecule is O=c1c2ccc(Cl)cc2ncn1Cc1cc2c(cc1Br)OCCO2. The van der Waals surface area contributed by atoms with E-state index in [0.29, 0.717) is 47.2 Å². The largest absolute Gasteiger partial charge is 0.486 e. The average Bonchev–Trinajstić information content (AvgIpc) is 2.58. The van der Waals surface area contributed by atoms with E-state index < -0.39 is 0 Å². The Hall–Kier alpha value is -2.05. The van der Waals surface area contributed by atoms with Gasteiger partial charge >= 0.3 is 0 Å². The highest BCUT2D eigenvalue weighted by Gasteiger charge is 2.15. The Kier molecular flexibility index (Phi) is 3.94. The summed E-state index contributed by atoms with van der Waals surface area (Å²) in [6, 6.07) is 8.82. The number of ether oxygens (including phenoxy) is 2. The summed E-state index contributed by atoms with van der Waals surface area (Å²) in [6.07, 6.45) is 1.53. The first kappa shape index (κ1) is 15.5. The van der Waals surface area contributed by atoms with Gasteiger partial charge in [0.2, 0.25) is 0 Å². The predicted octanol–water partition coefficient (Wildman–Crippen LogP) is 3.63. The predicted molar refractivity (Wildman–Crippen MR) is 95.2 cm³/mol. The summed E-state index contributed by atoms with van der Waals surface area (Å²) in [5.74, 6) is 1.39. The summed E-state index contributed by atoms with van der Waals surface area (Å²) in [6.45, 7) is 1.43. The highest BCUT2D eigenvalue weighted by Crippen LogP contribution is 2.35. The van der Waals surface area contributed by atoms with Gasteiger partial charge in [0.15, 0.2) is 11.5 Å². The van der Waals surface area contributed by atoms with Crippen molar-refractivity contribution in [1.82, 2.24) is 9.55 Å². The van der Waals surface area contributed by atoms with Gasteiger partial charge in [-0.15, -0.1) is 0 Å². The lowest BCUT2D eigenvalue weighted by atomic mass is 10.2. The van der Waals surface area contributed by atoms with Crippen LogP contribution in [0.25, 0.3) is 10.9 Å². The van der Waals surface area contributed by atoms with E-state index in [4.69, 9.17) is 21.1 Å². The number of aromatic nitrogens is 2. The van der Waals surface area contributed by atoms with Crippen LogP contribution in [0.1, 0.15) is 5.56 Å². The first-order chi connectivity index (χ1) is 11.6. The summed E-state index contributed by atoms with van der Waals surface area (Å²) in [7, 11) is 0. The van der Waals surface area contributed by atoms with E-state index in [-0.39, 0.29) is 5.56 Å². The molecule has 0 unspecified atom stereocenters. The Balaban J connectivity index is 1.76. The van der Waals surface area contributed by atoms with Gasteiger partial charge in [0.05, 0.1) is 23.8 Å². The summed E-state index contributed by atoms with van der Waals surface area (Å²) < 4.78 is 13.6. The van der Waals surface area contributed by atoms with Gasteiger partial charge in [0.25, 0.3) is 5.56 Å². The van der Waals surface area contributed by atoms with Gasteiger partial charge in [-0.2, -0.15) is 0 Å². The molecule has 0 bridgehead atoms. The van der Waals surface area contributed by atoms with Crippen LogP contribution >= 0.6 is 27.5 Å². The van der Waals surface area contributed by atoms with Crippen LogP contribution in [0, 0.1) is 0 Å². The Bertz CT molecular complexity index is 1000. The molecular weight excluding hydrogens is 396 g/mol. The monoisotopic (exact) mass is 406 g/mol. The quantitative estimate of drug-likeness (QED) is 0.651. The second-order valence-electron chi connectivity index (χ2n) is 5.43. The molecule has 0 N–H and O–H groups in total. The minimum Gasteiger partial charge on any atom is -0.486 e. The molecular formula is C17H12BrClN2O3. The van der Waals surface area contributed by atoms with Crippen molar-refractivity contribution in [3.05, 3.63) is 62.1 Å². The number of hydrogen-bond acceptors (Lipinski definition) is 4. The van der Waals surface area contributed by atoms with E-state index in [9.17, 15) is 4.79 Å². The molecule has 0 atom stereocenters. The van der Waals surface area contributed by atoms with Crippen molar-refractivity contribution in [3.63, 3.8) is 0 Å². The minimum atomic E-state index is -0.113. The van der Waals surface area contributed by atoms with E-state index in [2.05, 4.69) is 20.9 Å². The van der Waals surface area contributed by atoms with Crippen molar-refractivity contribution in [1.29, 1.82) is 0 Å². The fourth-order valence-electron chi connectivity index (χ4n) is 2.65. The zero-order valence-electron chi connectivity index (χ0n) is 12.5.